The fraction of sp³-hybridized carbons (Fsp3) is 0.0909. The van der Waals surface area contributed by atoms with Crippen LogP contribution in [-0.4, -0.2) is 7.05 Å². The summed E-state index contributed by atoms with van der Waals surface area (Å²) >= 11 is 0. The first kappa shape index (κ1) is 28.4. The van der Waals surface area contributed by atoms with Gasteiger partial charge in [-0.3, -0.25) is 5.32 Å². The van der Waals surface area contributed by atoms with E-state index in [2.05, 4.69) is 180 Å². The lowest BCUT2D eigenvalue weighted by atomic mass is 9.94. The lowest BCUT2D eigenvalue weighted by Gasteiger charge is -2.33. The van der Waals surface area contributed by atoms with Gasteiger partial charge >= 0.3 is 0 Å². The lowest BCUT2D eigenvalue weighted by molar-refractivity contribution is 0.235. The molecule has 9 rings (SSSR count). The highest BCUT2D eigenvalue weighted by Gasteiger charge is 2.31. The Kier molecular flexibility index (Phi) is 6.95. The maximum Gasteiger partial charge on any atom is 0.198 e. The van der Waals surface area contributed by atoms with Crippen molar-refractivity contribution in [3.63, 3.8) is 0 Å². The summed E-state index contributed by atoms with van der Waals surface area (Å²) < 4.78 is 6.53. The van der Waals surface area contributed by atoms with E-state index >= 15 is 0 Å². The Labute approximate surface area is 280 Å². The highest BCUT2D eigenvalue weighted by molar-refractivity contribution is 6.16. The molecule has 0 saturated heterocycles. The third kappa shape index (κ3) is 4.98. The number of hydrogen-bond acceptors (Lipinski definition) is 4. The van der Waals surface area contributed by atoms with Gasteiger partial charge in [0, 0.05) is 23.7 Å². The molecule has 2 aliphatic heterocycles. The summed E-state index contributed by atoms with van der Waals surface area (Å²) in [5.74, 6) is 0.923. The summed E-state index contributed by atoms with van der Waals surface area (Å²) in [6.45, 7) is 0. The number of ether oxygens (including phenoxy) is 1. The highest BCUT2D eigenvalue weighted by Crippen LogP contribution is 2.49. The van der Waals surface area contributed by atoms with Crippen LogP contribution in [0.1, 0.15) is 40.7 Å². The molecule has 0 radical (unpaired) electrons. The summed E-state index contributed by atoms with van der Waals surface area (Å²) in [7, 11) is 2.14. The maximum atomic E-state index is 6.53. The van der Waals surface area contributed by atoms with Crippen LogP contribution in [0.5, 0.6) is 5.75 Å². The van der Waals surface area contributed by atoms with Gasteiger partial charge in [0.2, 0.25) is 0 Å². The molecule has 0 aliphatic carbocycles. The molecule has 7 aromatic carbocycles. The van der Waals surface area contributed by atoms with Gasteiger partial charge in [-0.1, -0.05) is 146 Å². The van der Waals surface area contributed by atoms with Crippen molar-refractivity contribution in [2.24, 2.45) is 0 Å². The molecule has 7 aromatic rings. The quantitative estimate of drug-likeness (QED) is 0.188. The average Bonchev–Trinajstić information content (AvgIpc) is 3.51. The molecule has 4 heteroatoms. The molecule has 4 nitrogen and oxygen atoms in total. The van der Waals surface area contributed by atoms with Gasteiger partial charge in [-0.15, -0.1) is 0 Å². The first-order valence-electron chi connectivity index (χ1n) is 16.6. The summed E-state index contributed by atoms with van der Waals surface area (Å²) in [6, 6.07) is 56.3. The van der Waals surface area contributed by atoms with Crippen LogP contribution < -0.4 is 20.3 Å². The smallest absolute Gasteiger partial charge is 0.198 e. The van der Waals surface area contributed by atoms with E-state index in [-0.39, 0.29) is 18.4 Å². The number of anilines is 1. The Morgan fingerprint density at radius 2 is 1.19 bits per heavy atom. The van der Waals surface area contributed by atoms with E-state index in [1.807, 2.05) is 6.07 Å². The molecule has 3 unspecified atom stereocenters. The van der Waals surface area contributed by atoms with Gasteiger partial charge in [0.1, 0.15) is 11.9 Å². The maximum absolute atomic E-state index is 6.53. The Morgan fingerprint density at radius 3 is 1.94 bits per heavy atom. The summed E-state index contributed by atoms with van der Waals surface area (Å²) in [6.07, 6.45) is 2.09. The number of nitrogens with one attached hydrogen (secondary N) is 2. The van der Waals surface area contributed by atoms with Crippen molar-refractivity contribution in [3.05, 3.63) is 186 Å². The van der Waals surface area contributed by atoms with E-state index in [0.717, 1.165) is 22.7 Å². The number of nitrogens with zero attached hydrogens (tertiary/aromatic N) is 1. The SMILES string of the molecule is CN1c2c(ccc3ccc4ccc(-c5ccc(C6NC(c7ccccc7)=CC(c7ccccc7)N6)cc5)cc4c23)OC1c1ccccc1. The van der Waals surface area contributed by atoms with Crippen molar-refractivity contribution in [2.75, 3.05) is 11.9 Å². The molecule has 0 fully saturated rings. The molecule has 2 N–H and O–H groups in total. The summed E-state index contributed by atoms with van der Waals surface area (Å²) in [5.41, 5.74) is 9.42. The minimum Gasteiger partial charge on any atom is -0.464 e. The second kappa shape index (κ2) is 11.8. The van der Waals surface area contributed by atoms with Gasteiger partial charge in [0.05, 0.1) is 11.7 Å². The minimum absolute atomic E-state index is 0.0410. The molecule has 2 heterocycles. The molecule has 232 valence electrons. The first-order valence-corrected chi connectivity index (χ1v) is 16.6. The molecule has 0 spiro atoms. The molecule has 0 bridgehead atoms. The van der Waals surface area contributed by atoms with Crippen molar-refractivity contribution in [1.82, 2.24) is 10.6 Å². The molecule has 0 amide bonds. The molecule has 3 atom stereocenters. The van der Waals surface area contributed by atoms with E-state index in [1.54, 1.807) is 0 Å². The van der Waals surface area contributed by atoms with Gasteiger partial charge in [-0.25, -0.2) is 0 Å². The van der Waals surface area contributed by atoms with Crippen molar-refractivity contribution < 1.29 is 4.74 Å². The molecule has 48 heavy (non-hydrogen) atoms. The van der Waals surface area contributed by atoms with E-state index in [4.69, 9.17) is 4.74 Å². The average molecular weight is 622 g/mol. The van der Waals surface area contributed by atoms with Gasteiger partial charge in [0.15, 0.2) is 6.23 Å². The lowest BCUT2D eigenvalue weighted by Crippen LogP contribution is -2.39. The minimum atomic E-state index is -0.154. The fourth-order valence-corrected chi connectivity index (χ4v) is 7.30. The zero-order valence-electron chi connectivity index (χ0n) is 26.7. The van der Waals surface area contributed by atoms with Crippen molar-refractivity contribution in [3.8, 4) is 16.9 Å². The number of rotatable bonds is 5. The summed E-state index contributed by atoms with van der Waals surface area (Å²) in [4.78, 5) is 2.28. The van der Waals surface area contributed by atoms with E-state index in [0.29, 0.717) is 0 Å². The highest BCUT2D eigenvalue weighted by atomic mass is 16.5. The molecular weight excluding hydrogens is 587 g/mol. The van der Waals surface area contributed by atoms with E-state index in [1.165, 1.54) is 49.4 Å². The van der Waals surface area contributed by atoms with Crippen LogP contribution in [0, 0.1) is 0 Å². The van der Waals surface area contributed by atoms with Gasteiger partial charge in [-0.05, 0) is 62.2 Å². The normalized spacial score (nSPS) is 18.6. The largest absolute Gasteiger partial charge is 0.464 e. The number of hydrogen-bond donors (Lipinski definition) is 2. The monoisotopic (exact) mass is 621 g/mol. The van der Waals surface area contributed by atoms with Crippen LogP contribution in [-0.2, 0) is 0 Å². The number of fused-ring (bicyclic) bond motifs is 5. The number of benzene rings is 7. The third-order valence-corrected chi connectivity index (χ3v) is 9.77. The zero-order valence-corrected chi connectivity index (χ0v) is 26.7. The van der Waals surface area contributed by atoms with Crippen LogP contribution in [0.3, 0.4) is 0 Å². The van der Waals surface area contributed by atoms with Gasteiger partial charge in [-0.2, -0.15) is 0 Å². The van der Waals surface area contributed by atoms with Crippen LogP contribution in [0.15, 0.2) is 164 Å². The van der Waals surface area contributed by atoms with Crippen molar-refractivity contribution in [1.29, 1.82) is 0 Å². The predicted octanol–water partition coefficient (Wildman–Crippen LogP) is 10.2. The Bertz CT molecular complexity index is 2280. The molecule has 0 aromatic heterocycles. The fourth-order valence-electron chi connectivity index (χ4n) is 7.30. The van der Waals surface area contributed by atoms with Gasteiger partial charge < -0.3 is 15.0 Å². The van der Waals surface area contributed by atoms with Crippen LogP contribution >= 0.6 is 0 Å². The predicted molar refractivity (Wildman–Crippen MR) is 198 cm³/mol. The zero-order chi connectivity index (χ0) is 32.0. The Morgan fingerprint density at radius 1 is 0.562 bits per heavy atom. The van der Waals surface area contributed by atoms with Crippen LogP contribution in [0.4, 0.5) is 5.69 Å². The first-order chi connectivity index (χ1) is 23.7. The molecule has 2 aliphatic rings. The second-order valence-electron chi connectivity index (χ2n) is 12.7. The van der Waals surface area contributed by atoms with E-state index < -0.39 is 0 Å². The standard InChI is InChI=1S/C44H35N3O/c1-47-42-40(48-44(47)35-15-9-4-10-16-35)26-25-33-21-19-30-20-24-36(27-37(30)41(33)42)29-17-22-34(23-18-29)43-45-38(31-11-5-2-6-12-31)28-39(46-43)32-13-7-3-8-14-32/h2-28,38,43-46H,1H3. The van der Waals surface area contributed by atoms with Crippen LogP contribution in [0.2, 0.25) is 0 Å². The van der Waals surface area contributed by atoms with Crippen molar-refractivity contribution in [2.45, 2.75) is 18.4 Å². The van der Waals surface area contributed by atoms with E-state index in [9.17, 15) is 0 Å². The Balaban J connectivity index is 1.06. The van der Waals surface area contributed by atoms with Crippen LogP contribution in [0.25, 0.3) is 38.4 Å². The molecule has 0 saturated carbocycles. The topological polar surface area (TPSA) is 36.5 Å². The van der Waals surface area contributed by atoms with Crippen molar-refractivity contribution >= 4 is 32.9 Å². The molecular formula is C44H35N3O. The second-order valence-corrected chi connectivity index (χ2v) is 12.7. The Hall–Kier alpha value is -5.84. The summed E-state index contributed by atoms with van der Waals surface area (Å²) in [5, 5.41) is 12.5. The third-order valence-electron chi connectivity index (χ3n) is 9.77. The van der Waals surface area contributed by atoms with Gasteiger partial charge in [0.25, 0.3) is 0 Å².